The maximum Gasteiger partial charge on any atom is 0.306 e. The summed E-state index contributed by atoms with van der Waals surface area (Å²) >= 11 is 0. The molecule has 0 fully saturated rings. The van der Waals surface area contributed by atoms with Crippen molar-refractivity contribution in [1.29, 1.82) is 0 Å². The van der Waals surface area contributed by atoms with E-state index >= 15 is 0 Å². The molecule has 0 aromatic heterocycles. The number of hydrogen-bond acceptors (Lipinski definition) is 6. The average molecular weight is 948 g/mol. The summed E-state index contributed by atoms with van der Waals surface area (Å²) in [6.45, 7) is 9.11. The molecule has 0 aliphatic heterocycles. The van der Waals surface area contributed by atoms with Gasteiger partial charge in [-0.15, -0.1) is 0 Å². The number of unbranched alkanes of at least 4 members (excludes halogenated alkanes) is 42. The third-order valence-electron chi connectivity index (χ3n) is 14.4. The lowest BCUT2D eigenvalue weighted by atomic mass is 9.99. The first-order chi connectivity index (χ1) is 32.9. The van der Waals surface area contributed by atoms with Crippen LogP contribution in [0.1, 0.15) is 349 Å². The maximum atomic E-state index is 12.9. The highest BCUT2D eigenvalue weighted by Gasteiger charge is 2.19. The van der Waals surface area contributed by atoms with Gasteiger partial charge < -0.3 is 14.2 Å². The normalized spacial score (nSPS) is 12.4. The lowest BCUT2D eigenvalue weighted by Gasteiger charge is -2.18. The lowest BCUT2D eigenvalue weighted by molar-refractivity contribution is -0.167. The zero-order chi connectivity index (χ0) is 48.8. The molecule has 0 rings (SSSR count). The second kappa shape index (κ2) is 55.3. The monoisotopic (exact) mass is 947 g/mol. The first kappa shape index (κ1) is 65.4. The van der Waals surface area contributed by atoms with Crippen molar-refractivity contribution in [3.8, 4) is 0 Å². The molecule has 2 atom stereocenters. The highest BCUT2D eigenvalue weighted by Crippen LogP contribution is 2.19. The van der Waals surface area contributed by atoms with Gasteiger partial charge >= 0.3 is 17.9 Å². The fourth-order valence-corrected chi connectivity index (χ4v) is 9.42. The van der Waals surface area contributed by atoms with Crippen LogP contribution in [-0.4, -0.2) is 37.2 Å². The Bertz CT molecular complexity index is 1010. The first-order valence-electron chi connectivity index (χ1n) is 30.4. The van der Waals surface area contributed by atoms with E-state index in [-0.39, 0.29) is 31.1 Å². The topological polar surface area (TPSA) is 78.9 Å². The standard InChI is InChI=1S/C61H118O6/c1-5-8-10-12-14-16-18-20-21-22-23-24-25-30-34-38-42-46-50-54-61(64)67-58(55-65-59(62)52-48-44-40-36-32-19-17-15-13-11-9-6-2)56-66-60(63)53-49-45-41-37-33-29-27-26-28-31-35-39-43-47-51-57(4)7-3/h57-58H,5-56H2,1-4H3/t57?,58-/m1/s1. The summed E-state index contributed by atoms with van der Waals surface area (Å²) in [4.78, 5) is 38.2. The average Bonchev–Trinajstić information content (AvgIpc) is 3.33. The zero-order valence-corrected chi connectivity index (χ0v) is 45.9. The van der Waals surface area contributed by atoms with Crippen molar-refractivity contribution in [2.45, 2.75) is 355 Å². The predicted molar refractivity (Wildman–Crippen MR) is 289 cm³/mol. The molecule has 0 saturated heterocycles. The van der Waals surface area contributed by atoms with Crippen LogP contribution in [0.3, 0.4) is 0 Å². The van der Waals surface area contributed by atoms with Crippen LogP contribution in [0.4, 0.5) is 0 Å². The largest absolute Gasteiger partial charge is 0.462 e. The summed E-state index contributed by atoms with van der Waals surface area (Å²) in [6, 6.07) is 0. The van der Waals surface area contributed by atoms with E-state index < -0.39 is 6.10 Å². The molecule has 0 saturated carbocycles. The van der Waals surface area contributed by atoms with Gasteiger partial charge in [0.25, 0.3) is 0 Å². The van der Waals surface area contributed by atoms with Crippen LogP contribution in [0.25, 0.3) is 0 Å². The Balaban J connectivity index is 4.26. The molecule has 0 aromatic carbocycles. The summed E-state index contributed by atoms with van der Waals surface area (Å²) in [5.41, 5.74) is 0. The lowest BCUT2D eigenvalue weighted by Crippen LogP contribution is -2.30. The quantitative estimate of drug-likeness (QED) is 0.0343. The van der Waals surface area contributed by atoms with E-state index in [1.54, 1.807) is 0 Å². The van der Waals surface area contributed by atoms with Gasteiger partial charge in [-0.25, -0.2) is 0 Å². The molecule has 0 aromatic rings. The molecule has 0 amide bonds. The van der Waals surface area contributed by atoms with E-state index in [2.05, 4.69) is 27.7 Å². The summed E-state index contributed by atoms with van der Waals surface area (Å²) in [5, 5.41) is 0. The van der Waals surface area contributed by atoms with Crippen molar-refractivity contribution in [1.82, 2.24) is 0 Å². The Hall–Kier alpha value is -1.59. The minimum absolute atomic E-state index is 0.0616. The molecule has 1 unspecified atom stereocenters. The van der Waals surface area contributed by atoms with E-state index in [0.29, 0.717) is 19.3 Å². The number of esters is 3. The molecule has 0 aliphatic carbocycles. The van der Waals surface area contributed by atoms with Crippen molar-refractivity contribution in [3.05, 3.63) is 0 Å². The van der Waals surface area contributed by atoms with Gasteiger partial charge in [-0.2, -0.15) is 0 Å². The molecule has 67 heavy (non-hydrogen) atoms. The molecule has 0 bridgehead atoms. The summed E-state index contributed by atoms with van der Waals surface area (Å²) < 4.78 is 16.9. The van der Waals surface area contributed by atoms with Crippen molar-refractivity contribution in [3.63, 3.8) is 0 Å². The molecule has 0 spiro atoms. The van der Waals surface area contributed by atoms with Crippen LogP contribution in [0.5, 0.6) is 0 Å². The van der Waals surface area contributed by atoms with Crippen LogP contribution >= 0.6 is 0 Å². The molecule has 6 nitrogen and oxygen atoms in total. The number of carbonyl (C=O) groups excluding carboxylic acids is 3. The van der Waals surface area contributed by atoms with Crippen molar-refractivity contribution >= 4 is 17.9 Å². The molecule has 0 aliphatic rings. The molecule has 398 valence electrons. The molecular formula is C61H118O6. The van der Waals surface area contributed by atoms with Crippen LogP contribution in [0.15, 0.2) is 0 Å². The Kier molecular flexibility index (Phi) is 54.0. The summed E-state index contributed by atoms with van der Waals surface area (Å²) in [6.07, 6.45) is 60.9. The predicted octanol–water partition coefficient (Wildman–Crippen LogP) is 20.2. The molecule has 0 radical (unpaired) electrons. The first-order valence-corrected chi connectivity index (χ1v) is 30.4. The van der Waals surface area contributed by atoms with Crippen molar-refractivity contribution in [2.24, 2.45) is 5.92 Å². The second-order valence-corrected chi connectivity index (χ2v) is 21.2. The van der Waals surface area contributed by atoms with E-state index in [0.717, 1.165) is 63.7 Å². The summed E-state index contributed by atoms with van der Waals surface area (Å²) in [5.74, 6) is 0.0634. The van der Waals surface area contributed by atoms with Crippen LogP contribution in [-0.2, 0) is 28.6 Å². The molecule has 0 N–H and O–H groups in total. The van der Waals surface area contributed by atoms with Gasteiger partial charge in [0.2, 0.25) is 0 Å². The van der Waals surface area contributed by atoms with Gasteiger partial charge in [0.15, 0.2) is 6.10 Å². The molecule has 6 heteroatoms. The third kappa shape index (κ3) is 53.6. The Morgan fingerprint density at radius 2 is 0.522 bits per heavy atom. The van der Waals surface area contributed by atoms with Gasteiger partial charge in [-0.1, -0.05) is 310 Å². The Labute approximate surface area is 418 Å². The SMILES string of the molecule is CCCCCCCCCCCCCCCCCCCCCC(=O)O[C@H](COC(=O)CCCCCCCCCCCCCC)COC(=O)CCCCCCCCCCCCCCCCC(C)CC. The smallest absolute Gasteiger partial charge is 0.306 e. The van der Waals surface area contributed by atoms with Gasteiger partial charge in [-0.3, -0.25) is 14.4 Å². The van der Waals surface area contributed by atoms with E-state index in [1.807, 2.05) is 0 Å². The number of ether oxygens (including phenoxy) is 3. The van der Waals surface area contributed by atoms with Gasteiger partial charge in [0, 0.05) is 19.3 Å². The number of carbonyl (C=O) groups is 3. The van der Waals surface area contributed by atoms with Gasteiger partial charge in [0.1, 0.15) is 13.2 Å². The molecular weight excluding hydrogens is 829 g/mol. The van der Waals surface area contributed by atoms with E-state index in [9.17, 15) is 14.4 Å². The van der Waals surface area contributed by atoms with Gasteiger partial charge in [-0.05, 0) is 25.2 Å². The molecule has 0 heterocycles. The van der Waals surface area contributed by atoms with Crippen molar-refractivity contribution < 1.29 is 28.6 Å². The fourth-order valence-electron chi connectivity index (χ4n) is 9.42. The number of hydrogen-bond donors (Lipinski definition) is 0. The highest BCUT2D eigenvalue weighted by molar-refractivity contribution is 5.71. The van der Waals surface area contributed by atoms with Crippen LogP contribution in [0, 0.1) is 5.92 Å². The number of rotatable bonds is 56. The zero-order valence-electron chi connectivity index (χ0n) is 45.9. The van der Waals surface area contributed by atoms with Crippen LogP contribution in [0.2, 0.25) is 0 Å². The Morgan fingerprint density at radius 1 is 0.299 bits per heavy atom. The minimum atomic E-state index is -0.762. The minimum Gasteiger partial charge on any atom is -0.462 e. The maximum absolute atomic E-state index is 12.9. The van der Waals surface area contributed by atoms with E-state index in [4.69, 9.17) is 14.2 Å². The van der Waals surface area contributed by atoms with Crippen LogP contribution < -0.4 is 0 Å². The van der Waals surface area contributed by atoms with Crippen molar-refractivity contribution in [2.75, 3.05) is 13.2 Å². The fraction of sp³-hybridized carbons (Fsp3) is 0.951. The van der Waals surface area contributed by atoms with Gasteiger partial charge in [0.05, 0.1) is 0 Å². The highest BCUT2D eigenvalue weighted by atomic mass is 16.6. The second-order valence-electron chi connectivity index (χ2n) is 21.2. The van der Waals surface area contributed by atoms with E-state index in [1.165, 1.54) is 244 Å². The third-order valence-corrected chi connectivity index (χ3v) is 14.4. The Morgan fingerprint density at radius 3 is 0.776 bits per heavy atom. The summed E-state index contributed by atoms with van der Waals surface area (Å²) in [7, 11) is 0.